The van der Waals surface area contributed by atoms with E-state index in [1.54, 1.807) is 36.4 Å². The molecule has 0 radical (unpaired) electrons. The van der Waals surface area contributed by atoms with E-state index in [4.69, 9.17) is 46.4 Å². The van der Waals surface area contributed by atoms with Crippen LogP contribution in [0.3, 0.4) is 0 Å². The molecule has 156 valence electrons. The molecule has 2 aliphatic heterocycles. The summed E-state index contributed by atoms with van der Waals surface area (Å²) in [6.45, 7) is 3.50. The maximum atomic E-state index is 5.96. The fourth-order valence-corrected chi connectivity index (χ4v) is 3.39. The first kappa shape index (κ1) is 23.7. The zero-order valence-electron chi connectivity index (χ0n) is 15.1. The predicted octanol–water partition coefficient (Wildman–Crippen LogP) is 4.77. The van der Waals surface area contributed by atoms with Crippen molar-refractivity contribution >= 4 is 82.1 Å². The van der Waals surface area contributed by atoms with E-state index in [-0.39, 0.29) is 12.4 Å². The van der Waals surface area contributed by atoms with Gasteiger partial charge < -0.3 is 21.3 Å². The van der Waals surface area contributed by atoms with Gasteiger partial charge in [0.2, 0.25) is 0 Å². The molecule has 0 aliphatic carbocycles. The molecule has 0 spiro atoms. The highest BCUT2D eigenvalue weighted by molar-refractivity contribution is 6.39. The number of hydrogen-bond donors (Lipinski definition) is 4. The fourth-order valence-electron chi connectivity index (χ4n) is 2.42. The summed E-state index contributed by atoms with van der Waals surface area (Å²) in [6, 6.07) is 10.7. The van der Waals surface area contributed by atoms with E-state index in [0.717, 1.165) is 38.1 Å². The van der Waals surface area contributed by atoms with Crippen LogP contribution in [-0.2, 0) is 0 Å². The molecule has 2 saturated heterocycles. The third kappa shape index (κ3) is 6.73. The Morgan fingerprint density at radius 3 is 1.10 bits per heavy atom. The fraction of sp³-hybridized carbons (Fsp3) is 0.222. The molecule has 2 heterocycles. The summed E-state index contributed by atoms with van der Waals surface area (Å²) in [5.41, 5.74) is 1.21. The van der Waals surface area contributed by atoms with Gasteiger partial charge in [-0.15, -0.1) is 12.4 Å². The van der Waals surface area contributed by atoms with Crippen LogP contribution < -0.4 is 21.3 Å². The maximum Gasteiger partial charge on any atom is 0.196 e. The summed E-state index contributed by atoms with van der Waals surface area (Å²) >= 11 is 23.8. The van der Waals surface area contributed by atoms with E-state index in [9.17, 15) is 0 Å². The van der Waals surface area contributed by atoms with Crippen LogP contribution >= 0.6 is 58.8 Å². The van der Waals surface area contributed by atoms with E-state index in [1.807, 2.05) is 0 Å². The lowest BCUT2D eigenvalue weighted by Crippen LogP contribution is -2.23. The summed E-state index contributed by atoms with van der Waals surface area (Å²) in [6.07, 6.45) is 0. The number of halogens is 5. The first-order valence-electron chi connectivity index (χ1n) is 8.55. The highest BCUT2D eigenvalue weighted by atomic mass is 35.5. The molecule has 29 heavy (non-hydrogen) atoms. The average molecular weight is 497 g/mol. The summed E-state index contributed by atoms with van der Waals surface area (Å²) in [7, 11) is 0. The molecule has 0 unspecified atom stereocenters. The number of hydrogen-bond acceptors (Lipinski definition) is 2. The third-order valence-electron chi connectivity index (χ3n) is 3.74. The quantitative estimate of drug-likeness (QED) is 0.483. The van der Waals surface area contributed by atoms with E-state index < -0.39 is 0 Å². The molecule has 0 atom stereocenters. The lowest BCUT2D eigenvalue weighted by molar-refractivity contribution is 0.942. The summed E-state index contributed by atoms with van der Waals surface area (Å²) < 4.78 is 0. The number of nitrogens with one attached hydrogen (secondary N) is 4. The van der Waals surface area contributed by atoms with Crippen molar-refractivity contribution in [3.05, 3.63) is 56.5 Å². The standard InChI is InChI=1S/2C9H9Cl2N3.ClH/c2*10-6-2-1-3-7(11)8(6)14-9-12-4-5-13-9;/h2*1-3H,4-5H2,(H2,12,13,14);1H. The molecule has 0 bridgehead atoms. The molecule has 2 fully saturated rings. The molecule has 0 amide bonds. The van der Waals surface area contributed by atoms with Gasteiger partial charge in [0, 0.05) is 26.2 Å². The SMILES string of the molecule is Cl.Clc1cccc(Cl)c1N=C1NCCN1.Clc1cccc(Cl)c1N=C1NCCN1. The predicted molar refractivity (Wildman–Crippen MR) is 126 cm³/mol. The number of nitrogens with zero attached hydrogens (tertiary/aromatic N) is 2. The number of guanidine groups is 2. The van der Waals surface area contributed by atoms with Gasteiger partial charge in [0.15, 0.2) is 11.9 Å². The van der Waals surface area contributed by atoms with Crippen LogP contribution in [0.25, 0.3) is 0 Å². The minimum atomic E-state index is 0. The number of aliphatic imine (C=N–C) groups is 2. The van der Waals surface area contributed by atoms with Crippen LogP contribution in [0.15, 0.2) is 46.4 Å². The van der Waals surface area contributed by atoms with Gasteiger partial charge in [-0.2, -0.15) is 0 Å². The monoisotopic (exact) mass is 494 g/mol. The summed E-state index contributed by atoms with van der Waals surface area (Å²) in [4.78, 5) is 8.58. The van der Waals surface area contributed by atoms with E-state index >= 15 is 0 Å². The van der Waals surface area contributed by atoms with Crippen LogP contribution in [0.4, 0.5) is 11.4 Å². The van der Waals surface area contributed by atoms with Gasteiger partial charge in [-0.25, -0.2) is 9.98 Å². The number of rotatable bonds is 2. The second-order valence-corrected chi connectivity index (χ2v) is 7.40. The minimum absolute atomic E-state index is 0. The van der Waals surface area contributed by atoms with Crippen molar-refractivity contribution in [2.75, 3.05) is 26.2 Å². The Morgan fingerprint density at radius 1 is 0.552 bits per heavy atom. The van der Waals surface area contributed by atoms with Crippen molar-refractivity contribution in [3.8, 4) is 0 Å². The smallest absolute Gasteiger partial charge is 0.196 e. The largest absolute Gasteiger partial charge is 0.354 e. The normalized spacial score (nSPS) is 14.3. The molecule has 4 N–H and O–H groups in total. The van der Waals surface area contributed by atoms with Gasteiger partial charge in [0.1, 0.15) is 11.4 Å². The Bertz CT molecular complexity index is 772. The number of benzene rings is 2. The van der Waals surface area contributed by atoms with E-state index in [2.05, 4.69) is 31.3 Å². The number of para-hydroxylation sites is 2. The van der Waals surface area contributed by atoms with Crippen LogP contribution in [0.1, 0.15) is 0 Å². The second-order valence-electron chi connectivity index (χ2n) is 5.77. The minimum Gasteiger partial charge on any atom is -0.354 e. The highest BCUT2D eigenvalue weighted by Gasteiger charge is 2.10. The van der Waals surface area contributed by atoms with Crippen molar-refractivity contribution in [3.63, 3.8) is 0 Å². The Labute approximate surface area is 195 Å². The van der Waals surface area contributed by atoms with Crippen LogP contribution in [-0.4, -0.2) is 38.1 Å². The lowest BCUT2D eigenvalue weighted by Gasteiger charge is -2.02. The Hall–Kier alpha value is -1.57. The molecule has 6 nitrogen and oxygen atoms in total. The summed E-state index contributed by atoms with van der Waals surface area (Å²) in [5, 5.41) is 14.5. The van der Waals surface area contributed by atoms with Crippen LogP contribution in [0.2, 0.25) is 20.1 Å². The van der Waals surface area contributed by atoms with Gasteiger partial charge in [-0.1, -0.05) is 58.5 Å². The Kier molecular flexibility index (Phi) is 9.46. The van der Waals surface area contributed by atoms with Crippen LogP contribution in [0, 0.1) is 0 Å². The third-order valence-corrected chi connectivity index (χ3v) is 4.96. The lowest BCUT2D eigenvalue weighted by atomic mass is 10.3. The molecule has 2 aliphatic rings. The molecule has 0 saturated carbocycles. The first-order chi connectivity index (χ1) is 13.5. The Morgan fingerprint density at radius 2 is 0.828 bits per heavy atom. The molecule has 4 rings (SSSR count). The molecular weight excluding hydrogens is 478 g/mol. The van der Waals surface area contributed by atoms with Gasteiger partial charge >= 0.3 is 0 Å². The first-order valence-corrected chi connectivity index (χ1v) is 10.1. The molecule has 0 aromatic heterocycles. The molecule has 2 aromatic carbocycles. The van der Waals surface area contributed by atoms with Crippen molar-refractivity contribution in [1.82, 2.24) is 21.3 Å². The summed E-state index contributed by atoms with van der Waals surface area (Å²) in [5.74, 6) is 1.44. The molecular formula is C18H19Cl5N6. The van der Waals surface area contributed by atoms with Crippen molar-refractivity contribution < 1.29 is 0 Å². The van der Waals surface area contributed by atoms with E-state index in [0.29, 0.717) is 31.5 Å². The Balaban J connectivity index is 0.000000200. The van der Waals surface area contributed by atoms with Crippen LogP contribution in [0.5, 0.6) is 0 Å². The van der Waals surface area contributed by atoms with Gasteiger partial charge in [-0.05, 0) is 24.3 Å². The van der Waals surface area contributed by atoms with Crippen molar-refractivity contribution in [1.29, 1.82) is 0 Å². The van der Waals surface area contributed by atoms with E-state index in [1.165, 1.54) is 0 Å². The van der Waals surface area contributed by atoms with Gasteiger partial charge in [-0.3, -0.25) is 0 Å². The zero-order chi connectivity index (χ0) is 19.9. The van der Waals surface area contributed by atoms with Gasteiger partial charge in [0.05, 0.1) is 20.1 Å². The average Bonchev–Trinajstić information content (AvgIpc) is 3.36. The molecule has 11 heteroatoms. The molecule has 2 aromatic rings. The van der Waals surface area contributed by atoms with Crippen molar-refractivity contribution in [2.24, 2.45) is 9.98 Å². The van der Waals surface area contributed by atoms with Gasteiger partial charge in [0.25, 0.3) is 0 Å². The van der Waals surface area contributed by atoms with Crippen molar-refractivity contribution in [2.45, 2.75) is 0 Å². The topological polar surface area (TPSA) is 72.8 Å². The zero-order valence-corrected chi connectivity index (χ0v) is 18.9. The second kappa shape index (κ2) is 11.6. The highest BCUT2D eigenvalue weighted by Crippen LogP contribution is 2.33. The maximum absolute atomic E-state index is 5.96.